The molecule has 0 saturated carbocycles. The quantitative estimate of drug-likeness (QED) is 0.581. The lowest BCUT2D eigenvalue weighted by molar-refractivity contribution is -0.138. The maximum Gasteiger partial charge on any atom is 0.416 e. The lowest BCUT2D eigenvalue weighted by Gasteiger charge is -2.11. The zero-order chi connectivity index (χ0) is 11.6. The van der Waals surface area contributed by atoms with Gasteiger partial charge >= 0.3 is 6.18 Å². The third kappa shape index (κ3) is 2.86. The maximum absolute atomic E-state index is 12.5. The van der Waals surface area contributed by atoms with E-state index in [2.05, 4.69) is 0 Å². The number of hydrogen-bond donors (Lipinski definition) is 0. The van der Waals surface area contributed by atoms with Gasteiger partial charge in [-0.3, -0.25) is 4.79 Å². The predicted molar refractivity (Wildman–Crippen MR) is 51.2 cm³/mol. The Bertz CT molecular complexity index is 387. The lowest BCUT2D eigenvalue weighted by atomic mass is 10.1. The molecule has 15 heavy (non-hydrogen) atoms. The monoisotopic (exact) mass is 256 g/mol. The molecule has 0 N–H and O–H groups in total. The molecule has 0 radical (unpaired) electrons. The summed E-state index contributed by atoms with van der Waals surface area (Å²) in [5, 5.41) is -0.929. The Labute approximate surface area is 93.8 Å². The van der Waals surface area contributed by atoms with Gasteiger partial charge in [-0.25, -0.2) is 0 Å². The van der Waals surface area contributed by atoms with Crippen LogP contribution < -0.4 is 0 Å². The summed E-state index contributed by atoms with van der Waals surface area (Å²) in [6, 6.07) is 3.06. The van der Waals surface area contributed by atoms with Crippen molar-refractivity contribution < 1.29 is 18.0 Å². The van der Waals surface area contributed by atoms with Gasteiger partial charge in [-0.2, -0.15) is 13.2 Å². The maximum atomic E-state index is 12.5. The van der Waals surface area contributed by atoms with Gasteiger partial charge in [0.15, 0.2) is 0 Å². The first-order valence-electron chi connectivity index (χ1n) is 3.82. The van der Waals surface area contributed by atoms with Gasteiger partial charge in [0.1, 0.15) is 0 Å². The molecule has 0 amide bonds. The normalized spacial score (nSPS) is 11.5. The van der Waals surface area contributed by atoms with E-state index in [9.17, 15) is 18.0 Å². The number of benzene rings is 1. The summed E-state index contributed by atoms with van der Waals surface area (Å²) < 4.78 is 37.4. The standard InChI is InChI=1S/C9H5Cl2F3O/c10-4-6-2-1-5(8(11)15)3-7(6)9(12,13)14/h1-3H,4H2. The summed E-state index contributed by atoms with van der Waals surface area (Å²) in [4.78, 5) is 10.7. The summed E-state index contributed by atoms with van der Waals surface area (Å²) >= 11 is 10.4. The van der Waals surface area contributed by atoms with Gasteiger partial charge in [-0.15, -0.1) is 11.6 Å². The molecule has 0 aliphatic carbocycles. The predicted octanol–water partition coefficient (Wildman–Crippen LogP) is 3.82. The molecule has 0 atom stereocenters. The molecule has 1 aromatic rings. The molecular weight excluding hydrogens is 252 g/mol. The van der Waals surface area contributed by atoms with Crippen molar-refractivity contribution in [3.8, 4) is 0 Å². The van der Waals surface area contributed by atoms with Gasteiger partial charge in [-0.05, 0) is 29.3 Å². The zero-order valence-corrected chi connectivity index (χ0v) is 8.75. The molecule has 0 aliphatic heterocycles. The number of carbonyl (C=O) groups is 1. The number of halogens is 5. The van der Waals surface area contributed by atoms with Crippen LogP contribution in [-0.4, -0.2) is 5.24 Å². The van der Waals surface area contributed by atoms with Crippen molar-refractivity contribution in [2.24, 2.45) is 0 Å². The van der Waals surface area contributed by atoms with Crippen LogP contribution in [-0.2, 0) is 12.1 Å². The van der Waals surface area contributed by atoms with E-state index in [0.717, 1.165) is 6.07 Å². The Balaban J connectivity index is 3.32. The molecule has 1 nitrogen and oxygen atoms in total. The Hall–Kier alpha value is -0.740. The number of rotatable bonds is 2. The van der Waals surface area contributed by atoms with Gasteiger partial charge in [0.2, 0.25) is 0 Å². The average molecular weight is 257 g/mol. The van der Waals surface area contributed by atoms with E-state index in [1.807, 2.05) is 0 Å². The SMILES string of the molecule is O=C(Cl)c1ccc(CCl)c(C(F)(F)F)c1. The number of alkyl halides is 4. The van der Waals surface area contributed by atoms with Crippen LogP contribution in [0.2, 0.25) is 0 Å². The molecule has 0 aliphatic rings. The van der Waals surface area contributed by atoms with Crippen molar-refractivity contribution in [1.82, 2.24) is 0 Å². The highest BCUT2D eigenvalue weighted by Crippen LogP contribution is 2.33. The van der Waals surface area contributed by atoms with Crippen LogP contribution in [0, 0.1) is 0 Å². The first-order chi connectivity index (χ1) is 6.86. The van der Waals surface area contributed by atoms with Gasteiger partial charge in [0.25, 0.3) is 5.24 Å². The summed E-state index contributed by atoms with van der Waals surface area (Å²) in [6.45, 7) is 0. The number of hydrogen-bond acceptors (Lipinski definition) is 1. The summed E-state index contributed by atoms with van der Waals surface area (Å²) in [7, 11) is 0. The minimum Gasteiger partial charge on any atom is -0.276 e. The fourth-order valence-electron chi connectivity index (χ4n) is 1.08. The van der Waals surface area contributed by atoms with Gasteiger partial charge in [0, 0.05) is 11.4 Å². The van der Waals surface area contributed by atoms with Crippen LogP contribution >= 0.6 is 23.2 Å². The fourth-order valence-corrected chi connectivity index (χ4v) is 1.43. The van der Waals surface area contributed by atoms with Crippen molar-refractivity contribution in [2.45, 2.75) is 12.1 Å². The first kappa shape index (κ1) is 12.3. The molecule has 1 aromatic carbocycles. The van der Waals surface area contributed by atoms with Crippen molar-refractivity contribution >= 4 is 28.4 Å². The topological polar surface area (TPSA) is 17.1 Å². The van der Waals surface area contributed by atoms with Crippen molar-refractivity contribution in [2.75, 3.05) is 0 Å². The first-order valence-corrected chi connectivity index (χ1v) is 4.73. The van der Waals surface area contributed by atoms with Crippen LogP contribution in [0.3, 0.4) is 0 Å². The highest BCUT2D eigenvalue weighted by molar-refractivity contribution is 6.67. The van der Waals surface area contributed by atoms with Crippen LogP contribution in [0.5, 0.6) is 0 Å². The minimum absolute atomic E-state index is 0.0779. The van der Waals surface area contributed by atoms with E-state index in [1.54, 1.807) is 0 Å². The smallest absolute Gasteiger partial charge is 0.276 e. The summed E-state index contributed by atoms with van der Waals surface area (Å²) in [5.41, 5.74) is -1.20. The van der Waals surface area contributed by atoms with E-state index < -0.39 is 17.0 Å². The fraction of sp³-hybridized carbons (Fsp3) is 0.222. The average Bonchev–Trinajstić information content (AvgIpc) is 2.15. The van der Waals surface area contributed by atoms with Crippen LogP contribution in [0.1, 0.15) is 21.5 Å². The zero-order valence-electron chi connectivity index (χ0n) is 7.24. The van der Waals surface area contributed by atoms with Gasteiger partial charge < -0.3 is 0 Å². The Morgan fingerprint density at radius 3 is 2.33 bits per heavy atom. The molecule has 0 bridgehead atoms. The van der Waals surface area contributed by atoms with E-state index in [0.29, 0.717) is 6.07 Å². The molecule has 0 heterocycles. The number of carbonyl (C=O) groups excluding carboxylic acids is 1. The molecule has 0 unspecified atom stereocenters. The second kappa shape index (κ2) is 4.41. The van der Waals surface area contributed by atoms with Crippen LogP contribution in [0.25, 0.3) is 0 Å². The van der Waals surface area contributed by atoms with E-state index in [1.165, 1.54) is 6.07 Å². The molecule has 0 aromatic heterocycles. The molecular formula is C9H5Cl2F3O. The highest BCUT2D eigenvalue weighted by Gasteiger charge is 2.33. The Kier molecular flexibility index (Phi) is 3.62. The molecule has 82 valence electrons. The van der Waals surface area contributed by atoms with Crippen LogP contribution in [0.4, 0.5) is 13.2 Å². The molecule has 6 heteroatoms. The Morgan fingerprint density at radius 1 is 1.33 bits per heavy atom. The van der Waals surface area contributed by atoms with Gasteiger partial charge in [-0.1, -0.05) is 6.07 Å². The minimum atomic E-state index is -4.54. The van der Waals surface area contributed by atoms with Crippen molar-refractivity contribution in [3.05, 3.63) is 34.9 Å². The third-order valence-electron chi connectivity index (χ3n) is 1.79. The van der Waals surface area contributed by atoms with Crippen molar-refractivity contribution in [3.63, 3.8) is 0 Å². The Morgan fingerprint density at radius 2 is 1.93 bits per heavy atom. The molecule has 0 saturated heterocycles. The molecule has 0 spiro atoms. The largest absolute Gasteiger partial charge is 0.416 e. The summed E-state index contributed by atoms with van der Waals surface area (Å²) in [6.07, 6.45) is -4.54. The second-order valence-electron chi connectivity index (χ2n) is 2.78. The molecule has 1 rings (SSSR count). The summed E-state index contributed by atoms with van der Waals surface area (Å²) in [5.74, 6) is -0.272. The van der Waals surface area contributed by atoms with E-state index in [4.69, 9.17) is 23.2 Å². The van der Waals surface area contributed by atoms with E-state index in [-0.39, 0.29) is 17.0 Å². The second-order valence-corrected chi connectivity index (χ2v) is 3.39. The lowest BCUT2D eigenvalue weighted by Crippen LogP contribution is -2.09. The third-order valence-corrected chi connectivity index (χ3v) is 2.29. The molecule has 0 fully saturated rings. The van der Waals surface area contributed by atoms with Crippen LogP contribution in [0.15, 0.2) is 18.2 Å². The highest BCUT2D eigenvalue weighted by atomic mass is 35.5. The van der Waals surface area contributed by atoms with Crippen molar-refractivity contribution in [1.29, 1.82) is 0 Å². The van der Waals surface area contributed by atoms with Gasteiger partial charge in [0.05, 0.1) is 5.56 Å². The van der Waals surface area contributed by atoms with E-state index >= 15 is 0 Å².